The fourth-order valence-corrected chi connectivity index (χ4v) is 2.93. The van der Waals surface area contributed by atoms with Crippen molar-refractivity contribution in [2.75, 3.05) is 7.11 Å². The van der Waals surface area contributed by atoms with Gasteiger partial charge in [0.1, 0.15) is 11.9 Å². The van der Waals surface area contributed by atoms with Crippen molar-refractivity contribution in [1.29, 1.82) is 0 Å². The number of hydrogen-bond donors (Lipinski definition) is 1. The van der Waals surface area contributed by atoms with Crippen molar-refractivity contribution >= 4 is 43.5 Å². The van der Waals surface area contributed by atoms with Gasteiger partial charge in [0, 0.05) is 10.0 Å². The maximum atomic E-state index is 10.4. The Bertz CT molecular complexity index is 602. The molecule has 0 saturated carbocycles. The van der Waals surface area contributed by atoms with E-state index in [9.17, 15) is 5.11 Å². The maximum Gasteiger partial charge on any atom is 0.133 e. The predicted octanol–water partition coefficient (Wildman–Crippen LogP) is 4.96. The van der Waals surface area contributed by atoms with Gasteiger partial charge in [-0.3, -0.25) is 0 Å². The number of aliphatic hydroxyl groups excluding tert-OH is 1. The second-order valence-corrected chi connectivity index (χ2v) is 6.03. The summed E-state index contributed by atoms with van der Waals surface area (Å²) in [5, 5.41) is 10.9. The molecule has 2 rings (SSSR count). The van der Waals surface area contributed by atoms with Gasteiger partial charge in [0.25, 0.3) is 0 Å². The third-order valence-corrected chi connectivity index (χ3v) is 4.70. The molecule has 0 fully saturated rings. The van der Waals surface area contributed by atoms with Gasteiger partial charge in [0.2, 0.25) is 0 Å². The molecule has 1 atom stereocenters. The van der Waals surface area contributed by atoms with Crippen LogP contribution in [-0.2, 0) is 0 Å². The smallest absolute Gasteiger partial charge is 0.133 e. The Morgan fingerprint density at radius 3 is 2.53 bits per heavy atom. The van der Waals surface area contributed by atoms with Crippen LogP contribution in [0.1, 0.15) is 17.2 Å². The van der Waals surface area contributed by atoms with Crippen molar-refractivity contribution in [2.45, 2.75) is 6.10 Å². The SMILES string of the molecule is COc1ccc(C(O)c2cccc(Br)c2Cl)cc1Br. The third-order valence-electron chi connectivity index (χ3n) is 2.77. The van der Waals surface area contributed by atoms with Gasteiger partial charge in [-0.05, 0) is 55.6 Å². The van der Waals surface area contributed by atoms with E-state index in [2.05, 4.69) is 31.9 Å². The fourth-order valence-electron chi connectivity index (χ4n) is 1.76. The van der Waals surface area contributed by atoms with E-state index in [1.54, 1.807) is 19.2 Å². The van der Waals surface area contributed by atoms with Crippen LogP contribution in [-0.4, -0.2) is 12.2 Å². The number of ether oxygens (including phenoxy) is 1. The van der Waals surface area contributed by atoms with E-state index in [-0.39, 0.29) is 0 Å². The molecule has 0 heterocycles. The van der Waals surface area contributed by atoms with E-state index in [1.165, 1.54) is 0 Å². The first kappa shape index (κ1) is 14.9. The van der Waals surface area contributed by atoms with Crippen LogP contribution in [0.25, 0.3) is 0 Å². The van der Waals surface area contributed by atoms with Gasteiger partial charge in [0.15, 0.2) is 0 Å². The first-order valence-corrected chi connectivity index (χ1v) is 7.46. The Labute approximate surface area is 133 Å². The summed E-state index contributed by atoms with van der Waals surface area (Å²) in [6, 6.07) is 10.9. The summed E-state index contributed by atoms with van der Waals surface area (Å²) in [5.74, 6) is 0.719. The zero-order valence-corrected chi connectivity index (χ0v) is 14.0. The molecule has 0 amide bonds. The number of halogens is 3. The standard InChI is InChI=1S/C14H11Br2ClO2/c1-19-12-6-5-8(7-11(12)16)14(18)9-3-2-4-10(15)13(9)17/h2-7,14,18H,1H3. The zero-order chi connectivity index (χ0) is 14.0. The lowest BCUT2D eigenvalue weighted by Crippen LogP contribution is -2.01. The van der Waals surface area contributed by atoms with Gasteiger partial charge in [-0.2, -0.15) is 0 Å². The molecule has 0 bridgehead atoms. The molecule has 0 saturated heterocycles. The van der Waals surface area contributed by atoms with E-state index in [0.717, 1.165) is 20.3 Å². The van der Waals surface area contributed by atoms with Gasteiger partial charge in [-0.15, -0.1) is 0 Å². The van der Waals surface area contributed by atoms with Crippen molar-refractivity contribution in [3.8, 4) is 5.75 Å². The molecule has 0 aromatic heterocycles. The number of methoxy groups -OCH3 is 1. The molecule has 1 N–H and O–H groups in total. The van der Waals surface area contributed by atoms with Crippen molar-refractivity contribution < 1.29 is 9.84 Å². The van der Waals surface area contributed by atoms with Crippen molar-refractivity contribution in [2.24, 2.45) is 0 Å². The molecule has 0 aliphatic rings. The first-order chi connectivity index (χ1) is 9.04. The lowest BCUT2D eigenvalue weighted by Gasteiger charge is -2.15. The Kier molecular flexibility index (Phi) is 4.90. The first-order valence-electron chi connectivity index (χ1n) is 5.50. The van der Waals surface area contributed by atoms with Crippen molar-refractivity contribution in [1.82, 2.24) is 0 Å². The highest BCUT2D eigenvalue weighted by Crippen LogP contribution is 2.35. The van der Waals surface area contributed by atoms with E-state index in [0.29, 0.717) is 10.6 Å². The van der Waals surface area contributed by atoms with Crippen LogP contribution in [0.3, 0.4) is 0 Å². The Balaban J connectivity index is 2.41. The average molecular weight is 407 g/mol. The van der Waals surface area contributed by atoms with Gasteiger partial charge >= 0.3 is 0 Å². The largest absolute Gasteiger partial charge is 0.496 e. The minimum absolute atomic E-state index is 0.516. The van der Waals surface area contributed by atoms with Crippen LogP contribution < -0.4 is 4.74 Å². The van der Waals surface area contributed by atoms with Gasteiger partial charge < -0.3 is 9.84 Å². The van der Waals surface area contributed by atoms with E-state index in [4.69, 9.17) is 16.3 Å². The molecule has 5 heteroatoms. The number of hydrogen-bond acceptors (Lipinski definition) is 2. The summed E-state index contributed by atoms with van der Waals surface area (Å²) in [4.78, 5) is 0. The van der Waals surface area contributed by atoms with Crippen molar-refractivity contribution in [3.63, 3.8) is 0 Å². The van der Waals surface area contributed by atoms with E-state index in [1.807, 2.05) is 24.3 Å². The molecule has 100 valence electrons. The molecule has 2 aromatic carbocycles. The summed E-state index contributed by atoms with van der Waals surface area (Å²) in [7, 11) is 1.60. The molecular formula is C14H11Br2ClO2. The minimum Gasteiger partial charge on any atom is -0.496 e. The van der Waals surface area contributed by atoms with Gasteiger partial charge in [-0.25, -0.2) is 0 Å². The van der Waals surface area contributed by atoms with Crippen LogP contribution in [0.4, 0.5) is 0 Å². The van der Waals surface area contributed by atoms with Crippen LogP contribution in [0.15, 0.2) is 45.3 Å². The van der Waals surface area contributed by atoms with E-state index >= 15 is 0 Å². The number of benzene rings is 2. The lowest BCUT2D eigenvalue weighted by molar-refractivity contribution is 0.220. The molecular weight excluding hydrogens is 395 g/mol. The molecule has 0 radical (unpaired) electrons. The van der Waals surface area contributed by atoms with Gasteiger partial charge in [0.05, 0.1) is 16.6 Å². The second-order valence-electron chi connectivity index (χ2n) is 3.94. The van der Waals surface area contributed by atoms with E-state index < -0.39 is 6.10 Å². The summed E-state index contributed by atoms with van der Waals surface area (Å²) in [6.45, 7) is 0. The average Bonchev–Trinajstić information content (AvgIpc) is 2.41. The quantitative estimate of drug-likeness (QED) is 0.781. The highest BCUT2D eigenvalue weighted by atomic mass is 79.9. The molecule has 1 unspecified atom stereocenters. The Hall–Kier alpha value is -0.550. The molecule has 0 spiro atoms. The molecule has 19 heavy (non-hydrogen) atoms. The molecule has 0 aliphatic carbocycles. The van der Waals surface area contributed by atoms with Crippen molar-refractivity contribution in [3.05, 3.63) is 61.5 Å². The normalized spacial score (nSPS) is 12.3. The zero-order valence-electron chi connectivity index (χ0n) is 10.0. The van der Waals surface area contributed by atoms with Crippen LogP contribution in [0.2, 0.25) is 5.02 Å². The second kappa shape index (κ2) is 6.27. The fraction of sp³-hybridized carbons (Fsp3) is 0.143. The maximum absolute atomic E-state index is 10.4. The Morgan fingerprint density at radius 2 is 1.89 bits per heavy atom. The highest BCUT2D eigenvalue weighted by molar-refractivity contribution is 9.10. The minimum atomic E-state index is -0.785. The van der Waals surface area contributed by atoms with Gasteiger partial charge in [-0.1, -0.05) is 29.8 Å². The summed E-state index contributed by atoms with van der Waals surface area (Å²) in [6.07, 6.45) is -0.785. The van der Waals surface area contributed by atoms with Crippen LogP contribution >= 0.6 is 43.5 Å². The monoisotopic (exact) mass is 404 g/mol. The summed E-state index contributed by atoms with van der Waals surface area (Å²) < 4.78 is 6.72. The number of aliphatic hydroxyl groups is 1. The third kappa shape index (κ3) is 3.14. The Morgan fingerprint density at radius 1 is 1.16 bits per heavy atom. The molecule has 2 nitrogen and oxygen atoms in total. The molecule has 2 aromatic rings. The predicted molar refractivity (Wildman–Crippen MR) is 83.9 cm³/mol. The topological polar surface area (TPSA) is 29.5 Å². The summed E-state index contributed by atoms with van der Waals surface area (Å²) >= 11 is 12.9. The summed E-state index contributed by atoms with van der Waals surface area (Å²) in [5.41, 5.74) is 1.40. The van der Waals surface area contributed by atoms with Crippen LogP contribution in [0, 0.1) is 0 Å². The highest BCUT2D eigenvalue weighted by Gasteiger charge is 2.16. The molecule has 0 aliphatic heterocycles. The van der Waals surface area contributed by atoms with Crippen LogP contribution in [0.5, 0.6) is 5.75 Å². The lowest BCUT2D eigenvalue weighted by atomic mass is 10.0. The number of rotatable bonds is 3.